The van der Waals surface area contributed by atoms with Crippen LogP contribution >= 0.6 is 10.7 Å². The molecular formula is C12H20ClN3O2S. The molecule has 0 amide bonds. The summed E-state index contributed by atoms with van der Waals surface area (Å²) in [4.78, 5) is 0. The van der Waals surface area contributed by atoms with Crippen molar-refractivity contribution in [3.63, 3.8) is 0 Å². The number of halogens is 1. The first kappa shape index (κ1) is 14.8. The van der Waals surface area contributed by atoms with Gasteiger partial charge in [-0.1, -0.05) is 32.6 Å². The van der Waals surface area contributed by atoms with Gasteiger partial charge in [-0.2, -0.15) is 0 Å². The largest absolute Gasteiger partial charge is 0.301 e. The Morgan fingerprint density at radius 1 is 1.21 bits per heavy atom. The summed E-state index contributed by atoms with van der Waals surface area (Å²) in [5.74, 6) is 1.11. The number of hydrogen-bond acceptors (Lipinski definition) is 4. The van der Waals surface area contributed by atoms with Gasteiger partial charge in [-0.05, 0) is 19.3 Å². The van der Waals surface area contributed by atoms with Gasteiger partial charge in [-0.3, -0.25) is 0 Å². The van der Waals surface area contributed by atoms with Crippen molar-refractivity contribution in [2.75, 3.05) is 0 Å². The first-order valence-electron chi connectivity index (χ1n) is 6.91. The number of hydrogen-bond donors (Lipinski definition) is 0. The van der Waals surface area contributed by atoms with Crippen LogP contribution in [0.5, 0.6) is 0 Å². The summed E-state index contributed by atoms with van der Waals surface area (Å²) in [5, 5.41) is 7.82. The van der Waals surface area contributed by atoms with Crippen LogP contribution in [0.4, 0.5) is 0 Å². The van der Waals surface area contributed by atoms with Crippen molar-refractivity contribution in [1.82, 2.24) is 14.8 Å². The number of rotatable bonds is 4. The van der Waals surface area contributed by atoms with Gasteiger partial charge >= 0.3 is 0 Å². The third-order valence-corrected chi connectivity index (χ3v) is 4.78. The van der Waals surface area contributed by atoms with E-state index in [0.29, 0.717) is 12.5 Å². The Bertz CT molecular complexity index is 519. The second-order valence-electron chi connectivity index (χ2n) is 5.12. The van der Waals surface area contributed by atoms with Gasteiger partial charge in [0.05, 0.1) is 0 Å². The predicted octanol–water partition coefficient (Wildman–Crippen LogP) is 3.05. The molecule has 0 aliphatic heterocycles. The zero-order chi connectivity index (χ0) is 13.9. The monoisotopic (exact) mass is 305 g/mol. The molecule has 1 aromatic heterocycles. The molecule has 1 aromatic rings. The molecule has 0 aromatic carbocycles. The van der Waals surface area contributed by atoms with Crippen LogP contribution in [0.15, 0.2) is 5.16 Å². The van der Waals surface area contributed by atoms with E-state index < -0.39 is 9.05 Å². The fourth-order valence-corrected chi connectivity index (χ4v) is 3.68. The van der Waals surface area contributed by atoms with E-state index in [2.05, 4.69) is 10.2 Å². The van der Waals surface area contributed by atoms with Gasteiger partial charge < -0.3 is 4.57 Å². The highest BCUT2D eigenvalue weighted by molar-refractivity contribution is 8.13. The molecule has 2 rings (SSSR count). The number of nitrogens with zero attached hydrogens (tertiary/aromatic N) is 3. The van der Waals surface area contributed by atoms with Crippen molar-refractivity contribution in [1.29, 1.82) is 0 Å². The fourth-order valence-electron chi connectivity index (χ4n) is 2.75. The smallest absolute Gasteiger partial charge is 0.296 e. The molecule has 1 aliphatic rings. The molecular weight excluding hydrogens is 286 g/mol. The van der Waals surface area contributed by atoms with E-state index in [-0.39, 0.29) is 5.16 Å². The molecule has 0 spiro atoms. The summed E-state index contributed by atoms with van der Waals surface area (Å²) in [7, 11) is 1.61. The highest BCUT2D eigenvalue weighted by Crippen LogP contribution is 2.32. The first-order valence-corrected chi connectivity index (χ1v) is 9.22. The Labute approximate surface area is 118 Å². The third kappa shape index (κ3) is 3.48. The SMILES string of the molecule is CCCn1c(C2CCCCCC2)nnc1S(=O)(=O)Cl. The van der Waals surface area contributed by atoms with Crippen LogP contribution in [0.25, 0.3) is 0 Å². The molecule has 1 aliphatic carbocycles. The maximum absolute atomic E-state index is 11.5. The van der Waals surface area contributed by atoms with Gasteiger partial charge in [-0.15, -0.1) is 10.2 Å². The van der Waals surface area contributed by atoms with E-state index in [1.807, 2.05) is 6.92 Å². The van der Waals surface area contributed by atoms with Crippen molar-refractivity contribution in [3.05, 3.63) is 5.82 Å². The lowest BCUT2D eigenvalue weighted by molar-refractivity contribution is 0.496. The molecule has 1 fully saturated rings. The van der Waals surface area contributed by atoms with Gasteiger partial charge in [0.15, 0.2) is 0 Å². The van der Waals surface area contributed by atoms with Gasteiger partial charge in [0.2, 0.25) is 0 Å². The minimum absolute atomic E-state index is 0.102. The summed E-state index contributed by atoms with van der Waals surface area (Å²) in [6.45, 7) is 2.60. The lowest BCUT2D eigenvalue weighted by atomic mass is 9.99. The van der Waals surface area contributed by atoms with E-state index in [9.17, 15) is 8.42 Å². The van der Waals surface area contributed by atoms with Crippen LogP contribution in [0.2, 0.25) is 0 Å². The Kier molecular flexibility index (Phi) is 4.84. The van der Waals surface area contributed by atoms with E-state index in [1.165, 1.54) is 25.7 Å². The Hall–Kier alpha value is -0.620. The van der Waals surface area contributed by atoms with Crippen LogP contribution < -0.4 is 0 Å². The molecule has 108 valence electrons. The molecule has 0 unspecified atom stereocenters. The highest BCUT2D eigenvalue weighted by Gasteiger charge is 2.26. The molecule has 7 heteroatoms. The molecule has 0 saturated heterocycles. The number of aromatic nitrogens is 3. The van der Waals surface area contributed by atoms with E-state index >= 15 is 0 Å². The predicted molar refractivity (Wildman–Crippen MR) is 73.8 cm³/mol. The van der Waals surface area contributed by atoms with Gasteiger partial charge in [0.25, 0.3) is 14.2 Å². The quantitative estimate of drug-likeness (QED) is 0.633. The van der Waals surface area contributed by atoms with E-state index in [0.717, 1.165) is 25.1 Å². The lowest BCUT2D eigenvalue weighted by Crippen LogP contribution is -2.12. The van der Waals surface area contributed by atoms with Gasteiger partial charge in [0, 0.05) is 23.1 Å². The first-order chi connectivity index (χ1) is 9.04. The van der Waals surface area contributed by atoms with Crippen molar-refractivity contribution >= 4 is 19.7 Å². The summed E-state index contributed by atoms with van der Waals surface area (Å²) in [6.07, 6.45) is 7.79. The standard InChI is InChI=1S/C12H20ClN3O2S/c1-2-9-16-11(10-7-5-3-4-6-8-10)14-15-12(16)19(13,17)18/h10H,2-9H2,1H3. The summed E-state index contributed by atoms with van der Waals surface area (Å²) < 4.78 is 24.8. The average molecular weight is 306 g/mol. The highest BCUT2D eigenvalue weighted by atomic mass is 35.7. The zero-order valence-electron chi connectivity index (χ0n) is 11.2. The van der Waals surface area contributed by atoms with Crippen LogP contribution in [-0.4, -0.2) is 23.2 Å². The second-order valence-corrected chi connectivity index (χ2v) is 7.58. The summed E-state index contributed by atoms with van der Waals surface area (Å²) in [6, 6.07) is 0. The van der Waals surface area contributed by atoms with Crippen LogP contribution in [0.1, 0.15) is 63.6 Å². The summed E-state index contributed by atoms with van der Waals surface area (Å²) >= 11 is 0. The van der Waals surface area contributed by atoms with Crippen molar-refractivity contribution in [2.24, 2.45) is 0 Å². The van der Waals surface area contributed by atoms with E-state index in [4.69, 9.17) is 10.7 Å². The molecule has 1 saturated carbocycles. The molecule has 0 bridgehead atoms. The van der Waals surface area contributed by atoms with Crippen LogP contribution in [0, 0.1) is 0 Å². The molecule has 19 heavy (non-hydrogen) atoms. The normalized spacial score (nSPS) is 18.4. The summed E-state index contributed by atoms with van der Waals surface area (Å²) in [5.41, 5.74) is 0. The molecule has 1 heterocycles. The van der Waals surface area contributed by atoms with Crippen molar-refractivity contribution in [3.8, 4) is 0 Å². The topological polar surface area (TPSA) is 64.8 Å². The Balaban J connectivity index is 2.36. The fraction of sp³-hybridized carbons (Fsp3) is 0.833. The minimum Gasteiger partial charge on any atom is -0.301 e. The Morgan fingerprint density at radius 3 is 2.37 bits per heavy atom. The van der Waals surface area contributed by atoms with Gasteiger partial charge in [0.1, 0.15) is 5.82 Å². The van der Waals surface area contributed by atoms with Crippen LogP contribution in [0.3, 0.4) is 0 Å². The van der Waals surface area contributed by atoms with E-state index in [1.54, 1.807) is 4.57 Å². The molecule has 0 atom stereocenters. The van der Waals surface area contributed by atoms with Crippen molar-refractivity contribution < 1.29 is 8.42 Å². The Morgan fingerprint density at radius 2 is 1.84 bits per heavy atom. The maximum atomic E-state index is 11.5. The lowest BCUT2D eigenvalue weighted by Gasteiger charge is -2.15. The molecule has 0 N–H and O–H groups in total. The minimum atomic E-state index is -3.82. The molecule has 5 nitrogen and oxygen atoms in total. The van der Waals surface area contributed by atoms with Crippen molar-refractivity contribution in [2.45, 2.75) is 69.5 Å². The van der Waals surface area contributed by atoms with Gasteiger partial charge in [-0.25, -0.2) is 8.42 Å². The maximum Gasteiger partial charge on any atom is 0.296 e. The second kappa shape index (κ2) is 6.22. The average Bonchev–Trinajstić information content (AvgIpc) is 2.59. The van der Waals surface area contributed by atoms with Crippen LogP contribution in [-0.2, 0) is 15.6 Å². The molecule has 0 radical (unpaired) electrons. The zero-order valence-corrected chi connectivity index (χ0v) is 12.8. The third-order valence-electron chi connectivity index (χ3n) is 3.63.